The van der Waals surface area contributed by atoms with Gasteiger partial charge in [-0.1, -0.05) is 42.0 Å². The Kier molecular flexibility index (Phi) is 4.21. The van der Waals surface area contributed by atoms with Gasteiger partial charge in [-0.05, 0) is 38.0 Å². The van der Waals surface area contributed by atoms with Gasteiger partial charge in [0.15, 0.2) is 0 Å². The van der Waals surface area contributed by atoms with Gasteiger partial charge in [-0.2, -0.15) is 0 Å². The predicted molar refractivity (Wildman–Crippen MR) is 105 cm³/mol. The summed E-state index contributed by atoms with van der Waals surface area (Å²) in [6.45, 7) is 5.50. The topological polar surface area (TPSA) is 59.2 Å². The Morgan fingerprint density at radius 2 is 1.96 bits per heavy atom. The number of hydrogen-bond donors (Lipinski definition) is 1. The molecule has 0 unspecified atom stereocenters. The first-order valence-corrected chi connectivity index (χ1v) is 9.05. The summed E-state index contributed by atoms with van der Waals surface area (Å²) in [5.74, 6) is 0.0440. The Morgan fingerprint density at radius 1 is 1.15 bits per heavy atom. The lowest BCUT2D eigenvalue weighted by Gasteiger charge is -2.18. The summed E-state index contributed by atoms with van der Waals surface area (Å²) in [4.78, 5) is 19.9. The van der Waals surface area contributed by atoms with Crippen molar-refractivity contribution in [2.45, 2.75) is 26.3 Å². The normalized spacial score (nSPS) is 17.0. The van der Waals surface area contributed by atoms with E-state index in [1.54, 1.807) is 0 Å². The highest BCUT2D eigenvalue weighted by Crippen LogP contribution is 2.29. The minimum absolute atomic E-state index is 0.0440. The van der Waals surface area contributed by atoms with E-state index in [1.807, 2.05) is 35.2 Å². The highest BCUT2D eigenvalue weighted by molar-refractivity contribution is 6.07. The highest BCUT2D eigenvalue weighted by atomic mass is 16.2. The van der Waals surface area contributed by atoms with Crippen LogP contribution in [0, 0.1) is 13.8 Å². The van der Waals surface area contributed by atoms with Crippen LogP contribution in [0.15, 0.2) is 48.5 Å². The Labute approximate surface area is 153 Å². The third-order valence-corrected chi connectivity index (χ3v) is 5.12. The van der Waals surface area contributed by atoms with Gasteiger partial charge in [0.2, 0.25) is 0 Å². The number of aromatic nitrogens is 1. The Morgan fingerprint density at radius 3 is 2.69 bits per heavy atom. The highest BCUT2D eigenvalue weighted by Gasteiger charge is 2.26. The number of aryl methyl sites for hydroxylation is 2. The number of pyridine rings is 1. The minimum Gasteiger partial charge on any atom is -0.337 e. The minimum atomic E-state index is 0.0440. The molecule has 4 rings (SSSR count). The smallest absolute Gasteiger partial charge is 0.254 e. The molecule has 2 aromatic carbocycles. The molecule has 0 spiro atoms. The average Bonchev–Trinajstić information content (AvgIpc) is 3.06. The van der Waals surface area contributed by atoms with Crippen LogP contribution in [-0.2, 0) is 0 Å². The maximum Gasteiger partial charge on any atom is 0.254 e. The zero-order valence-electron chi connectivity index (χ0n) is 15.2. The van der Waals surface area contributed by atoms with Crippen molar-refractivity contribution >= 4 is 16.8 Å². The van der Waals surface area contributed by atoms with Crippen LogP contribution < -0.4 is 5.73 Å². The SMILES string of the molecule is Cc1ccc(-c2cc(C(=O)N3CC[C@@H](N)C3)c3ccccc3n2)c(C)c1. The lowest BCUT2D eigenvalue weighted by Crippen LogP contribution is -2.32. The summed E-state index contributed by atoms with van der Waals surface area (Å²) in [7, 11) is 0. The molecule has 0 bridgehead atoms. The molecular formula is C22H23N3O. The zero-order chi connectivity index (χ0) is 18.3. The molecule has 1 aromatic heterocycles. The molecule has 132 valence electrons. The van der Waals surface area contributed by atoms with Crippen molar-refractivity contribution in [1.82, 2.24) is 9.88 Å². The van der Waals surface area contributed by atoms with Gasteiger partial charge in [0.25, 0.3) is 5.91 Å². The lowest BCUT2D eigenvalue weighted by molar-refractivity contribution is 0.0793. The number of hydrogen-bond acceptors (Lipinski definition) is 3. The molecule has 1 aliphatic heterocycles. The number of benzene rings is 2. The van der Waals surface area contributed by atoms with Gasteiger partial charge in [-0.25, -0.2) is 4.98 Å². The molecule has 0 saturated carbocycles. The van der Waals surface area contributed by atoms with Gasteiger partial charge >= 0.3 is 0 Å². The van der Waals surface area contributed by atoms with Crippen molar-refractivity contribution in [2.75, 3.05) is 13.1 Å². The molecule has 1 fully saturated rings. The second-order valence-electron chi connectivity index (χ2n) is 7.19. The molecule has 3 aromatic rings. The number of rotatable bonds is 2. The van der Waals surface area contributed by atoms with Crippen LogP contribution in [0.3, 0.4) is 0 Å². The van der Waals surface area contributed by atoms with Crippen LogP contribution in [-0.4, -0.2) is 34.9 Å². The fraction of sp³-hybridized carbons (Fsp3) is 0.273. The van der Waals surface area contributed by atoms with E-state index in [1.165, 1.54) is 5.56 Å². The van der Waals surface area contributed by atoms with E-state index in [-0.39, 0.29) is 11.9 Å². The Balaban J connectivity index is 1.87. The molecule has 26 heavy (non-hydrogen) atoms. The van der Waals surface area contributed by atoms with Crippen LogP contribution in [0.4, 0.5) is 0 Å². The van der Waals surface area contributed by atoms with Crippen molar-refractivity contribution in [2.24, 2.45) is 5.73 Å². The van der Waals surface area contributed by atoms with Crippen LogP contribution in [0.1, 0.15) is 27.9 Å². The maximum atomic E-state index is 13.2. The third kappa shape index (κ3) is 2.97. The standard InChI is InChI=1S/C22H23N3O/c1-14-7-8-17(15(2)11-14)21-12-19(18-5-3-4-6-20(18)24-21)22(26)25-10-9-16(23)13-25/h3-8,11-12,16H,9-10,13,23H2,1-2H3/t16-/m1/s1. The molecular weight excluding hydrogens is 322 g/mol. The molecule has 1 amide bonds. The molecule has 4 nitrogen and oxygen atoms in total. The molecule has 0 aliphatic carbocycles. The summed E-state index contributed by atoms with van der Waals surface area (Å²) in [6, 6.07) is 16.2. The van der Waals surface area contributed by atoms with Crippen molar-refractivity contribution in [3.63, 3.8) is 0 Å². The van der Waals surface area contributed by atoms with Crippen molar-refractivity contribution in [1.29, 1.82) is 0 Å². The number of nitrogens with zero attached hydrogens (tertiary/aromatic N) is 2. The molecule has 0 radical (unpaired) electrons. The van der Waals surface area contributed by atoms with Crippen LogP contribution in [0.2, 0.25) is 0 Å². The summed E-state index contributed by atoms with van der Waals surface area (Å²) in [5.41, 5.74) is 11.8. The number of amides is 1. The predicted octanol–water partition coefficient (Wildman–Crippen LogP) is 3.69. The number of para-hydroxylation sites is 1. The van der Waals surface area contributed by atoms with Crippen LogP contribution in [0.5, 0.6) is 0 Å². The van der Waals surface area contributed by atoms with Crippen molar-refractivity contribution in [3.8, 4) is 11.3 Å². The van der Waals surface area contributed by atoms with Crippen molar-refractivity contribution in [3.05, 3.63) is 65.2 Å². The monoisotopic (exact) mass is 345 g/mol. The van der Waals surface area contributed by atoms with E-state index in [0.717, 1.165) is 40.7 Å². The van der Waals surface area contributed by atoms with Crippen LogP contribution in [0.25, 0.3) is 22.2 Å². The molecule has 2 heterocycles. The summed E-state index contributed by atoms with van der Waals surface area (Å²) in [5, 5.41) is 0.895. The van der Waals surface area contributed by atoms with E-state index < -0.39 is 0 Å². The van der Waals surface area contributed by atoms with Crippen LogP contribution >= 0.6 is 0 Å². The molecule has 1 aliphatic rings. The molecule has 1 saturated heterocycles. The van der Waals surface area contributed by atoms with E-state index in [4.69, 9.17) is 10.7 Å². The first-order chi connectivity index (χ1) is 12.5. The Hall–Kier alpha value is -2.72. The van der Waals surface area contributed by atoms with E-state index in [9.17, 15) is 4.79 Å². The van der Waals surface area contributed by atoms with Gasteiger partial charge in [0, 0.05) is 30.1 Å². The number of carbonyl (C=O) groups is 1. The lowest BCUT2D eigenvalue weighted by atomic mass is 9.99. The number of nitrogens with two attached hydrogens (primary N) is 1. The molecule has 2 N–H and O–H groups in total. The van der Waals surface area contributed by atoms with E-state index in [0.29, 0.717) is 12.1 Å². The summed E-state index contributed by atoms with van der Waals surface area (Å²) >= 11 is 0. The first kappa shape index (κ1) is 16.7. The number of carbonyl (C=O) groups excluding carboxylic acids is 1. The fourth-order valence-corrected chi connectivity index (χ4v) is 3.73. The number of fused-ring (bicyclic) bond motifs is 1. The largest absolute Gasteiger partial charge is 0.337 e. The summed E-state index contributed by atoms with van der Waals surface area (Å²) < 4.78 is 0. The fourth-order valence-electron chi connectivity index (χ4n) is 3.73. The van der Waals surface area contributed by atoms with Gasteiger partial charge in [0.05, 0.1) is 16.8 Å². The van der Waals surface area contributed by atoms with Gasteiger partial charge in [-0.15, -0.1) is 0 Å². The Bertz CT molecular complexity index is 996. The molecule has 1 atom stereocenters. The van der Waals surface area contributed by atoms with Gasteiger partial charge in [0.1, 0.15) is 0 Å². The maximum absolute atomic E-state index is 13.2. The average molecular weight is 345 g/mol. The second-order valence-corrected chi connectivity index (χ2v) is 7.19. The second kappa shape index (κ2) is 6.54. The summed E-state index contributed by atoms with van der Waals surface area (Å²) in [6.07, 6.45) is 0.860. The quantitative estimate of drug-likeness (QED) is 0.770. The van der Waals surface area contributed by atoms with Crippen molar-refractivity contribution < 1.29 is 4.79 Å². The first-order valence-electron chi connectivity index (χ1n) is 9.05. The van der Waals surface area contributed by atoms with E-state index in [2.05, 4.69) is 32.0 Å². The van der Waals surface area contributed by atoms with E-state index >= 15 is 0 Å². The van der Waals surface area contributed by atoms with Gasteiger partial charge in [-0.3, -0.25) is 4.79 Å². The van der Waals surface area contributed by atoms with Gasteiger partial charge < -0.3 is 10.6 Å². The zero-order valence-corrected chi connectivity index (χ0v) is 15.2. The molecule has 4 heteroatoms. The third-order valence-electron chi connectivity index (χ3n) is 5.12. The number of likely N-dealkylation sites (tertiary alicyclic amines) is 1.